The largest absolute Gasteiger partial charge is 0.379 e. The Morgan fingerprint density at radius 2 is 1.85 bits per heavy atom. The van der Waals surface area contributed by atoms with Crippen LogP contribution >= 0.6 is 0 Å². The van der Waals surface area contributed by atoms with E-state index in [4.69, 9.17) is 4.74 Å². The molecule has 142 valence electrons. The SMILES string of the molecule is O=C(NCC1(N2CCOCC2)CCCCC1)C1CC1c1ccc(F)cc1. The van der Waals surface area contributed by atoms with Crippen molar-refractivity contribution in [1.82, 2.24) is 10.2 Å². The molecule has 2 aliphatic carbocycles. The number of hydrogen-bond donors (Lipinski definition) is 1. The van der Waals surface area contributed by atoms with Crippen LogP contribution in [0.2, 0.25) is 0 Å². The minimum atomic E-state index is -0.222. The smallest absolute Gasteiger partial charge is 0.223 e. The molecule has 1 saturated heterocycles. The first-order valence-corrected chi connectivity index (χ1v) is 10.0. The summed E-state index contributed by atoms with van der Waals surface area (Å²) in [5, 5.41) is 3.27. The molecule has 0 bridgehead atoms. The summed E-state index contributed by atoms with van der Waals surface area (Å²) in [5.74, 6) is 0.241. The van der Waals surface area contributed by atoms with Gasteiger partial charge in [-0.15, -0.1) is 0 Å². The van der Waals surface area contributed by atoms with E-state index in [1.807, 2.05) is 12.1 Å². The molecule has 3 aliphatic rings. The van der Waals surface area contributed by atoms with Crippen molar-refractivity contribution in [2.45, 2.75) is 50.0 Å². The number of nitrogens with one attached hydrogen (secondary N) is 1. The molecule has 0 spiro atoms. The van der Waals surface area contributed by atoms with Crippen LogP contribution in [0.1, 0.15) is 50.0 Å². The third kappa shape index (κ3) is 3.79. The highest BCUT2D eigenvalue weighted by atomic mass is 19.1. The summed E-state index contributed by atoms with van der Waals surface area (Å²) in [6.45, 7) is 4.28. The van der Waals surface area contributed by atoms with Crippen molar-refractivity contribution >= 4 is 5.91 Å². The molecule has 2 atom stereocenters. The molecule has 2 unspecified atom stereocenters. The number of nitrogens with zero attached hydrogens (tertiary/aromatic N) is 1. The summed E-state index contributed by atoms with van der Waals surface area (Å²) in [7, 11) is 0. The van der Waals surface area contributed by atoms with Crippen molar-refractivity contribution < 1.29 is 13.9 Å². The van der Waals surface area contributed by atoms with E-state index in [0.717, 1.165) is 44.8 Å². The third-order valence-electron chi connectivity index (χ3n) is 6.48. The van der Waals surface area contributed by atoms with Gasteiger partial charge in [0, 0.05) is 31.1 Å². The van der Waals surface area contributed by atoms with Crippen LogP contribution in [0.25, 0.3) is 0 Å². The van der Waals surface area contributed by atoms with Crippen LogP contribution in [0.15, 0.2) is 24.3 Å². The lowest BCUT2D eigenvalue weighted by Gasteiger charge is -2.48. The second-order valence-electron chi connectivity index (χ2n) is 8.10. The van der Waals surface area contributed by atoms with Gasteiger partial charge in [-0.1, -0.05) is 31.4 Å². The van der Waals surface area contributed by atoms with Crippen LogP contribution in [0, 0.1) is 11.7 Å². The Morgan fingerprint density at radius 3 is 2.54 bits per heavy atom. The van der Waals surface area contributed by atoms with Crippen molar-refractivity contribution in [3.8, 4) is 0 Å². The molecule has 5 heteroatoms. The van der Waals surface area contributed by atoms with Gasteiger partial charge in [0.1, 0.15) is 5.82 Å². The van der Waals surface area contributed by atoms with Crippen molar-refractivity contribution in [1.29, 1.82) is 0 Å². The maximum absolute atomic E-state index is 13.1. The molecule has 1 N–H and O–H groups in total. The fourth-order valence-electron chi connectivity index (χ4n) is 4.80. The molecular weight excluding hydrogens is 331 g/mol. The number of amides is 1. The Labute approximate surface area is 155 Å². The maximum atomic E-state index is 13.1. The molecule has 4 rings (SSSR count). The van der Waals surface area contributed by atoms with Crippen LogP contribution in [-0.4, -0.2) is 49.2 Å². The quantitative estimate of drug-likeness (QED) is 0.877. The van der Waals surface area contributed by atoms with E-state index in [0.29, 0.717) is 0 Å². The highest BCUT2D eigenvalue weighted by Gasteiger charge is 2.45. The van der Waals surface area contributed by atoms with Crippen molar-refractivity contribution in [3.05, 3.63) is 35.6 Å². The number of morpholine rings is 1. The second-order valence-corrected chi connectivity index (χ2v) is 8.10. The topological polar surface area (TPSA) is 41.6 Å². The number of benzene rings is 1. The first-order chi connectivity index (χ1) is 12.7. The van der Waals surface area contributed by atoms with Crippen LogP contribution in [-0.2, 0) is 9.53 Å². The maximum Gasteiger partial charge on any atom is 0.223 e. The number of halogens is 1. The average Bonchev–Trinajstić information content (AvgIpc) is 3.49. The monoisotopic (exact) mass is 360 g/mol. The Balaban J connectivity index is 1.35. The van der Waals surface area contributed by atoms with E-state index in [-0.39, 0.29) is 29.1 Å². The molecule has 1 aromatic rings. The lowest BCUT2D eigenvalue weighted by molar-refractivity contribution is -0.123. The van der Waals surface area contributed by atoms with Crippen LogP contribution in [0.3, 0.4) is 0 Å². The summed E-state index contributed by atoms with van der Waals surface area (Å²) in [6.07, 6.45) is 7.00. The van der Waals surface area contributed by atoms with E-state index in [1.165, 1.54) is 44.2 Å². The molecule has 4 nitrogen and oxygen atoms in total. The lowest BCUT2D eigenvalue weighted by atomic mass is 9.79. The lowest BCUT2D eigenvalue weighted by Crippen LogP contribution is -2.59. The molecular formula is C21H29FN2O2. The Hall–Kier alpha value is -1.46. The number of carbonyl (C=O) groups is 1. The highest BCUT2D eigenvalue weighted by molar-refractivity contribution is 5.83. The van der Waals surface area contributed by atoms with Gasteiger partial charge in [0.25, 0.3) is 0 Å². The first-order valence-electron chi connectivity index (χ1n) is 10.0. The second kappa shape index (κ2) is 7.65. The Kier molecular flexibility index (Phi) is 5.28. The zero-order chi connectivity index (χ0) is 18.0. The fraction of sp³-hybridized carbons (Fsp3) is 0.667. The van der Waals surface area contributed by atoms with E-state index in [1.54, 1.807) is 0 Å². The van der Waals surface area contributed by atoms with Crippen molar-refractivity contribution in [2.75, 3.05) is 32.8 Å². The van der Waals surface area contributed by atoms with Crippen molar-refractivity contribution in [3.63, 3.8) is 0 Å². The summed E-state index contributed by atoms with van der Waals surface area (Å²) < 4.78 is 18.6. The van der Waals surface area contributed by atoms with Gasteiger partial charge in [-0.05, 0) is 42.9 Å². The summed E-state index contributed by atoms with van der Waals surface area (Å²) in [4.78, 5) is 15.3. The normalized spacial score (nSPS) is 28.5. The minimum Gasteiger partial charge on any atom is -0.379 e. The standard InChI is InChI=1S/C21H29FN2O2/c22-17-6-4-16(5-7-17)18-14-19(18)20(25)23-15-21(8-2-1-3-9-21)24-10-12-26-13-11-24/h4-7,18-19H,1-3,8-15H2,(H,23,25). The molecule has 1 amide bonds. The zero-order valence-electron chi connectivity index (χ0n) is 15.4. The number of rotatable bonds is 5. The average molecular weight is 360 g/mol. The summed E-state index contributed by atoms with van der Waals surface area (Å²) in [6, 6.07) is 6.59. The number of hydrogen-bond acceptors (Lipinski definition) is 3. The first kappa shape index (κ1) is 17.9. The molecule has 0 aromatic heterocycles. The molecule has 1 aromatic carbocycles. The number of carbonyl (C=O) groups excluding carboxylic acids is 1. The number of ether oxygens (including phenoxy) is 1. The van der Waals surface area contributed by atoms with Gasteiger partial charge >= 0.3 is 0 Å². The van der Waals surface area contributed by atoms with Crippen molar-refractivity contribution in [2.24, 2.45) is 5.92 Å². The van der Waals surface area contributed by atoms with Crippen LogP contribution in [0.5, 0.6) is 0 Å². The fourth-order valence-corrected chi connectivity index (χ4v) is 4.80. The molecule has 1 aliphatic heterocycles. The van der Waals surface area contributed by atoms with Gasteiger partial charge in [-0.25, -0.2) is 4.39 Å². The van der Waals surface area contributed by atoms with E-state index >= 15 is 0 Å². The predicted octanol–water partition coefficient (Wildman–Crippen LogP) is 3.08. The van der Waals surface area contributed by atoms with Gasteiger partial charge < -0.3 is 10.1 Å². The summed E-state index contributed by atoms with van der Waals surface area (Å²) >= 11 is 0. The summed E-state index contributed by atoms with van der Waals surface area (Å²) in [5.41, 5.74) is 1.19. The van der Waals surface area contributed by atoms with E-state index in [2.05, 4.69) is 10.2 Å². The van der Waals surface area contributed by atoms with E-state index < -0.39 is 0 Å². The van der Waals surface area contributed by atoms with Gasteiger partial charge in [0.15, 0.2) is 0 Å². The van der Waals surface area contributed by atoms with Gasteiger partial charge in [-0.2, -0.15) is 0 Å². The van der Waals surface area contributed by atoms with Gasteiger partial charge in [-0.3, -0.25) is 9.69 Å². The Bertz CT molecular complexity index is 621. The minimum absolute atomic E-state index is 0.0470. The highest BCUT2D eigenvalue weighted by Crippen LogP contribution is 2.47. The molecule has 1 heterocycles. The molecule has 3 fully saturated rings. The molecule has 2 saturated carbocycles. The molecule has 0 radical (unpaired) electrons. The van der Waals surface area contributed by atoms with Gasteiger partial charge in [0.2, 0.25) is 5.91 Å². The Morgan fingerprint density at radius 1 is 1.15 bits per heavy atom. The zero-order valence-corrected chi connectivity index (χ0v) is 15.4. The molecule has 26 heavy (non-hydrogen) atoms. The third-order valence-corrected chi connectivity index (χ3v) is 6.48. The van der Waals surface area contributed by atoms with Gasteiger partial charge in [0.05, 0.1) is 13.2 Å². The predicted molar refractivity (Wildman–Crippen MR) is 98.5 cm³/mol. The van der Waals surface area contributed by atoms with Crippen LogP contribution < -0.4 is 5.32 Å². The van der Waals surface area contributed by atoms with Crippen LogP contribution in [0.4, 0.5) is 4.39 Å². The van der Waals surface area contributed by atoms with E-state index in [9.17, 15) is 9.18 Å².